The van der Waals surface area contributed by atoms with Crippen LogP contribution in [0.5, 0.6) is 0 Å². The summed E-state index contributed by atoms with van der Waals surface area (Å²) < 4.78 is 5.02. The van der Waals surface area contributed by atoms with Crippen molar-refractivity contribution < 1.29 is 4.42 Å². The standard InChI is InChI=1S/C8H11NO/c1-3-4-5-8-6-10-7(2)9-8/h3,6H,1,4-5H2,2H3. The summed E-state index contributed by atoms with van der Waals surface area (Å²) in [5, 5.41) is 0. The second-order valence-electron chi connectivity index (χ2n) is 2.19. The lowest BCUT2D eigenvalue weighted by Crippen LogP contribution is -1.82. The van der Waals surface area contributed by atoms with E-state index in [-0.39, 0.29) is 0 Å². The van der Waals surface area contributed by atoms with Crippen LogP contribution in [0.3, 0.4) is 0 Å². The van der Waals surface area contributed by atoms with Crippen LogP contribution in [0.15, 0.2) is 23.3 Å². The van der Waals surface area contributed by atoms with Crippen molar-refractivity contribution >= 4 is 0 Å². The first-order valence-corrected chi connectivity index (χ1v) is 3.35. The number of hydrogen-bond acceptors (Lipinski definition) is 2. The van der Waals surface area contributed by atoms with E-state index in [2.05, 4.69) is 11.6 Å². The van der Waals surface area contributed by atoms with Gasteiger partial charge in [0.25, 0.3) is 0 Å². The fourth-order valence-electron chi connectivity index (χ4n) is 0.773. The molecule has 2 heteroatoms. The highest BCUT2D eigenvalue weighted by molar-refractivity contribution is 4.96. The molecule has 1 heterocycles. The predicted octanol–water partition coefficient (Wildman–Crippen LogP) is 2.10. The third kappa shape index (κ3) is 1.72. The smallest absolute Gasteiger partial charge is 0.191 e. The number of aryl methyl sites for hydroxylation is 2. The lowest BCUT2D eigenvalue weighted by molar-refractivity contribution is 0.520. The monoisotopic (exact) mass is 137 g/mol. The number of oxazole rings is 1. The third-order valence-electron chi connectivity index (χ3n) is 1.27. The van der Waals surface area contributed by atoms with Crippen molar-refractivity contribution in [3.05, 3.63) is 30.5 Å². The van der Waals surface area contributed by atoms with E-state index in [9.17, 15) is 0 Å². The third-order valence-corrected chi connectivity index (χ3v) is 1.27. The Morgan fingerprint density at radius 2 is 2.60 bits per heavy atom. The molecule has 2 nitrogen and oxygen atoms in total. The lowest BCUT2D eigenvalue weighted by Gasteiger charge is -1.85. The zero-order chi connectivity index (χ0) is 7.40. The highest BCUT2D eigenvalue weighted by Gasteiger charge is 1.96. The van der Waals surface area contributed by atoms with Gasteiger partial charge in [0.2, 0.25) is 0 Å². The Balaban J connectivity index is 2.49. The van der Waals surface area contributed by atoms with Gasteiger partial charge < -0.3 is 4.42 Å². The van der Waals surface area contributed by atoms with Gasteiger partial charge in [0, 0.05) is 6.92 Å². The molecule has 0 spiro atoms. The number of nitrogens with zero attached hydrogens (tertiary/aromatic N) is 1. The maximum atomic E-state index is 5.02. The number of allylic oxidation sites excluding steroid dienone is 1. The fourth-order valence-corrected chi connectivity index (χ4v) is 0.773. The van der Waals surface area contributed by atoms with Crippen LogP contribution in [-0.4, -0.2) is 4.98 Å². The van der Waals surface area contributed by atoms with Crippen LogP contribution in [0.2, 0.25) is 0 Å². The second kappa shape index (κ2) is 3.20. The molecule has 54 valence electrons. The van der Waals surface area contributed by atoms with Gasteiger partial charge in [-0.1, -0.05) is 6.08 Å². The summed E-state index contributed by atoms with van der Waals surface area (Å²) >= 11 is 0. The second-order valence-corrected chi connectivity index (χ2v) is 2.19. The van der Waals surface area contributed by atoms with E-state index in [1.54, 1.807) is 6.26 Å². The van der Waals surface area contributed by atoms with E-state index in [4.69, 9.17) is 4.42 Å². The summed E-state index contributed by atoms with van der Waals surface area (Å²) in [4.78, 5) is 4.13. The van der Waals surface area contributed by atoms with Crippen molar-refractivity contribution in [1.29, 1.82) is 0 Å². The summed E-state index contributed by atoms with van der Waals surface area (Å²) in [6.45, 7) is 5.47. The van der Waals surface area contributed by atoms with Gasteiger partial charge in [0.15, 0.2) is 5.89 Å². The zero-order valence-electron chi connectivity index (χ0n) is 6.13. The molecule has 1 aromatic rings. The van der Waals surface area contributed by atoms with Gasteiger partial charge >= 0.3 is 0 Å². The van der Waals surface area contributed by atoms with Crippen LogP contribution in [0.4, 0.5) is 0 Å². The summed E-state index contributed by atoms with van der Waals surface area (Å²) in [7, 11) is 0. The maximum Gasteiger partial charge on any atom is 0.191 e. The Bertz CT molecular complexity index is 215. The zero-order valence-corrected chi connectivity index (χ0v) is 6.13. The van der Waals surface area contributed by atoms with Gasteiger partial charge in [-0.15, -0.1) is 6.58 Å². The first-order valence-electron chi connectivity index (χ1n) is 3.35. The molecule has 1 rings (SSSR count). The first kappa shape index (κ1) is 7.06. The predicted molar refractivity (Wildman–Crippen MR) is 39.8 cm³/mol. The molecule has 1 aromatic heterocycles. The van der Waals surface area contributed by atoms with Crippen molar-refractivity contribution in [2.45, 2.75) is 19.8 Å². The Morgan fingerprint density at radius 1 is 1.80 bits per heavy atom. The molecule has 0 atom stereocenters. The molecule has 0 N–H and O–H groups in total. The highest BCUT2D eigenvalue weighted by atomic mass is 16.3. The van der Waals surface area contributed by atoms with Crippen LogP contribution in [0.1, 0.15) is 18.0 Å². The summed E-state index contributed by atoms with van der Waals surface area (Å²) in [6, 6.07) is 0. The number of aromatic nitrogens is 1. The first-order chi connectivity index (χ1) is 4.83. The molecule has 0 fully saturated rings. The Kier molecular flexibility index (Phi) is 2.26. The van der Waals surface area contributed by atoms with E-state index in [1.165, 1.54) is 0 Å². The largest absolute Gasteiger partial charge is 0.449 e. The van der Waals surface area contributed by atoms with Gasteiger partial charge in [0.05, 0.1) is 5.69 Å². The highest BCUT2D eigenvalue weighted by Crippen LogP contribution is 2.02. The van der Waals surface area contributed by atoms with Crippen molar-refractivity contribution in [1.82, 2.24) is 4.98 Å². The molecule has 0 aromatic carbocycles. The van der Waals surface area contributed by atoms with Gasteiger partial charge in [-0.05, 0) is 12.8 Å². The topological polar surface area (TPSA) is 26.0 Å². The van der Waals surface area contributed by atoms with Crippen LogP contribution in [-0.2, 0) is 6.42 Å². The van der Waals surface area contributed by atoms with E-state index >= 15 is 0 Å². The molecule has 0 saturated carbocycles. The van der Waals surface area contributed by atoms with Crippen molar-refractivity contribution in [2.24, 2.45) is 0 Å². The summed E-state index contributed by atoms with van der Waals surface area (Å²) in [5.74, 6) is 0.735. The minimum atomic E-state index is 0.735. The Hall–Kier alpha value is -1.05. The molecule has 0 aliphatic rings. The number of rotatable bonds is 3. The normalized spacial score (nSPS) is 9.70. The van der Waals surface area contributed by atoms with E-state index in [0.717, 1.165) is 24.4 Å². The molecule has 0 aliphatic heterocycles. The Labute approximate surface area is 60.6 Å². The van der Waals surface area contributed by atoms with E-state index in [0.29, 0.717) is 0 Å². The van der Waals surface area contributed by atoms with Crippen molar-refractivity contribution in [3.63, 3.8) is 0 Å². The molecule has 10 heavy (non-hydrogen) atoms. The fraction of sp³-hybridized carbons (Fsp3) is 0.375. The average molecular weight is 137 g/mol. The molecular weight excluding hydrogens is 126 g/mol. The summed E-state index contributed by atoms with van der Waals surface area (Å²) in [6.07, 6.45) is 5.47. The van der Waals surface area contributed by atoms with Crippen LogP contribution in [0, 0.1) is 6.92 Å². The Morgan fingerprint density at radius 3 is 3.10 bits per heavy atom. The van der Waals surface area contributed by atoms with Crippen LogP contribution in [0.25, 0.3) is 0 Å². The molecule has 0 unspecified atom stereocenters. The molecular formula is C8H11NO. The molecule has 0 radical (unpaired) electrons. The maximum absolute atomic E-state index is 5.02. The SMILES string of the molecule is C=CCCc1coc(C)n1. The van der Waals surface area contributed by atoms with Gasteiger partial charge in [0.1, 0.15) is 6.26 Å². The van der Waals surface area contributed by atoms with Crippen LogP contribution < -0.4 is 0 Å². The van der Waals surface area contributed by atoms with E-state index in [1.807, 2.05) is 13.0 Å². The molecule has 0 saturated heterocycles. The quantitative estimate of drug-likeness (QED) is 0.596. The number of hydrogen-bond donors (Lipinski definition) is 0. The summed E-state index contributed by atoms with van der Waals surface area (Å²) in [5.41, 5.74) is 1.01. The van der Waals surface area contributed by atoms with E-state index < -0.39 is 0 Å². The average Bonchev–Trinajstić information content (AvgIpc) is 2.31. The minimum absolute atomic E-state index is 0.735. The lowest BCUT2D eigenvalue weighted by atomic mass is 10.2. The van der Waals surface area contributed by atoms with Gasteiger partial charge in [-0.2, -0.15) is 0 Å². The van der Waals surface area contributed by atoms with Gasteiger partial charge in [-0.3, -0.25) is 0 Å². The van der Waals surface area contributed by atoms with Gasteiger partial charge in [-0.25, -0.2) is 4.98 Å². The molecule has 0 aliphatic carbocycles. The molecule has 0 amide bonds. The van der Waals surface area contributed by atoms with Crippen molar-refractivity contribution in [2.75, 3.05) is 0 Å². The van der Waals surface area contributed by atoms with Crippen LogP contribution >= 0.6 is 0 Å². The molecule has 0 bridgehead atoms. The minimum Gasteiger partial charge on any atom is -0.449 e. The van der Waals surface area contributed by atoms with Crippen molar-refractivity contribution in [3.8, 4) is 0 Å².